The Balaban J connectivity index is 2.01. The standard InChI is InChI=1S/C16H17BrO3/c1-19-15-6-7-16(17)13(10-15)11-20-14-4-2-12(3-5-14)8-9-18/h2-7,10,18H,8-9,11H2,1H3. The van der Waals surface area contributed by atoms with Crippen LogP contribution in [0.5, 0.6) is 11.5 Å². The predicted octanol–water partition coefficient (Wildman–Crippen LogP) is 3.57. The van der Waals surface area contributed by atoms with E-state index in [0.717, 1.165) is 27.1 Å². The summed E-state index contributed by atoms with van der Waals surface area (Å²) in [4.78, 5) is 0. The van der Waals surface area contributed by atoms with Crippen molar-refractivity contribution in [2.75, 3.05) is 13.7 Å². The molecule has 0 aliphatic carbocycles. The minimum atomic E-state index is 0.164. The van der Waals surface area contributed by atoms with Crippen LogP contribution >= 0.6 is 15.9 Å². The van der Waals surface area contributed by atoms with Gasteiger partial charge in [-0.15, -0.1) is 0 Å². The highest BCUT2D eigenvalue weighted by atomic mass is 79.9. The molecule has 2 rings (SSSR count). The van der Waals surface area contributed by atoms with Crippen LogP contribution in [0.3, 0.4) is 0 Å². The number of hydrogen-bond acceptors (Lipinski definition) is 3. The second kappa shape index (κ2) is 7.31. The Labute approximate surface area is 127 Å². The van der Waals surface area contributed by atoms with E-state index >= 15 is 0 Å². The van der Waals surface area contributed by atoms with Crippen LogP contribution in [-0.4, -0.2) is 18.8 Å². The molecule has 0 bridgehead atoms. The summed E-state index contributed by atoms with van der Waals surface area (Å²) in [6.07, 6.45) is 0.668. The maximum atomic E-state index is 8.87. The van der Waals surface area contributed by atoms with Crippen LogP contribution < -0.4 is 9.47 Å². The molecule has 0 saturated carbocycles. The Hall–Kier alpha value is -1.52. The highest BCUT2D eigenvalue weighted by Gasteiger charge is 2.03. The van der Waals surface area contributed by atoms with Gasteiger partial charge in [0, 0.05) is 16.6 Å². The zero-order valence-electron chi connectivity index (χ0n) is 11.3. The topological polar surface area (TPSA) is 38.7 Å². The van der Waals surface area contributed by atoms with Crippen molar-refractivity contribution in [1.29, 1.82) is 0 Å². The van der Waals surface area contributed by atoms with Crippen LogP contribution in [0.4, 0.5) is 0 Å². The fraction of sp³-hybridized carbons (Fsp3) is 0.250. The highest BCUT2D eigenvalue weighted by molar-refractivity contribution is 9.10. The quantitative estimate of drug-likeness (QED) is 0.876. The lowest BCUT2D eigenvalue weighted by Crippen LogP contribution is -1.98. The van der Waals surface area contributed by atoms with Crippen molar-refractivity contribution < 1.29 is 14.6 Å². The summed E-state index contributed by atoms with van der Waals surface area (Å²) in [5.41, 5.74) is 2.13. The van der Waals surface area contributed by atoms with Crippen LogP contribution in [0.1, 0.15) is 11.1 Å². The Morgan fingerprint density at radius 1 is 1.05 bits per heavy atom. The molecule has 0 spiro atoms. The number of benzene rings is 2. The molecule has 2 aromatic rings. The summed E-state index contributed by atoms with van der Waals surface area (Å²) < 4.78 is 12.0. The van der Waals surface area contributed by atoms with E-state index in [2.05, 4.69) is 15.9 Å². The molecule has 0 amide bonds. The summed E-state index contributed by atoms with van der Waals surface area (Å²) in [7, 11) is 1.65. The largest absolute Gasteiger partial charge is 0.497 e. The van der Waals surface area contributed by atoms with Gasteiger partial charge in [0.1, 0.15) is 18.1 Å². The summed E-state index contributed by atoms with van der Waals surface area (Å²) in [5, 5.41) is 8.87. The molecule has 0 atom stereocenters. The lowest BCUT2D eigenvalue weighted by Gasteiger charge is -2.10. The van der Waals surface area contributed by atoms with Crippen molar-refractivity contribution in [3.63, 3.8) is 0 Å². The van der Waals surface area contributed by atoms with Crippen molar-refractivity contribution in [3.8, 4) is 11.5 Å². The Kier molecular flexibility index (Phi) is 5.44. The first-order valence-electron chi connectivity index (χ1n) is 6.38. The lowest BCUT2D eigenvalue weighted by molar-refractivity contribution is 0.298. The number of rotatable bonds is 6. The molecule has 0 radical (unpaired) electrons. The van der Waals surface area contributed by atoms with Crippen LogP contribution in [0.15, 0.2) is 46.9 Å². The van der Waals surface area contributed by atoms with E-state index in [-0.39, 0.29) is 6.61 Å². The van der Waals surface area contributed by atoms with Crippen LogP contribution in [0.25, 0.3) is 0 Å². The number of halogens is 1. The molecular weight excluding hydrogens is 320 g/mol. The average Bonchev–Trinajstić information content (AvgIpc) is 2.48. The first-order chi connectivity index (χ1) is 9.72. The van der Waals surface area contributed by atoms with Gasteiger partial charge in [0.2, 0.25) is 0 Å². The normalized spacial score (nSPS) is 10.3. The molecular formula is C16H17BrO3. The number of aliphatic hydroxyl groups is 1. The fourth-order valence-corrected chi connectivity index (χ4v) is 2.19. The van der Waals surface area contributed by atoms with Crippen molar-refractivity contribution in [2.45, 2.75) is 13.0 Å². The monoisotopic (exact) mass is 336 g/mol. The number of hydrogen-bond donors (Lipinski definition) is 1. The molecule has 106 valence electrons. The Bertz CT molecular complexity index is 552. The number of methoxy groups -OCH3 is 1. The molecule has 3 nitrogen and oxygen atoms in total. The minimum absolute atomic E-state index is 0.164. The van der Waals surface area contributed by atoms with Gasteiger partial charge in [0.25, 0.3) is 0 Å². The number of aliphatic hydroxyl groups excluding tert-OH is 1. The Morgan fingerprint density at radius 3 is 2.40 bits per heavy atom. The van der Waals surface area contributed by atoms with Crippen molar-refractivity contribution >= 4 is 15.9 Å². The molecule has 0 heterocycles. The molecule has 0 saturated heterocycles. The fourth-order valence-electron chi connectivity index (χ4n) is 1.83. The van der Waals surface area contributed by atoms with E-state index in [4.69, 9.17) is 14.6 Å². The second-order valence-corrected chi connectivity index (χ2v) is 5.22. The van der Waals surface area contributed by atoms with E-state index < -0.39 is 0 Å². The molecule has 0 aromatic heterocycles. The molecule has 20 heavy (non-hydrogen) atoms. The minimum Gasteiger partial charge on any atom is -0.497 e. The molecule has 2 aromatic carbocycles. The molecule has 0 fully saturated rings. The van der Waals surface area contributed by atoms with Gasteiger partial charge in [-0.3, -0.25) is 0 Å². The van der Waals surface area contributed by atoms with E-state index in [1.54, 1.807) is 7.11 Å². The van der Waals surface area contributed by atoms with Crippen LogP contribution in [0.2, 0.25) is 0 Å². The molecule has 0 aliphatic rings. The third kappa shape index (κ3) is 3.99. The first-order valence-corrected chi connectivity index (χ1v) is 7.17. The summed E-state index contributed by atoms with van der Waals surface area (Å²) in [6.45, 7) is 0.633. The lowest BCUT2D eigenvalue weighted by atomic mass is 10.1. The third-order valence-electron chi connectivity index (χ3n) is 2.97. The summed E-state index contributed by atoms with van der Waals surface area (Å²) in [5.74, 6) is 1.62. The second-order valence-electron chi connectivity index (χ2n) is 4.36. The van der Waals surface area contributed by atoms with Crippen molar-refractivity contribution in [2.24, 2.45) is 0 Å². The molecule has 1 N–H and O–H groups in total. The average molecular weight is 337 g/mol. The zero-order chi connectivity index (χ0) is 14.4. The summed E-state index contributed by atoms with van der Waals surface area (Å²) in [6, 6.07) is 13.6. The van der Waals surface area contributed by atoms with Crippen molar-refractivity contribution in [3.05, 3.63) is 58.1 Å². The highest BCUT2D eigenvalue weighted by Crippen LogP contribution is 2.24. The van der Waals surface area contributed by atoms with Gasteiger partial charge in [0.05, 0.1) is 7.11 Å². The smallest absolute Gasteiger partial charge is 0.119 e. The molecule has 0 unspecified atom stereocenters. The van der Waals surface area contributed by atoms with Crippen LogP contribution in [-0.2, 0) is 13.0 Å². The van der Waals surface area contributed by atoms with Crippen LogP contribution in [0, 0.1) is 0 Å². The van der Waals surface area contributed by atoms with Gasteiger partial charge in [-0.25, -0.2) is 0 Å². The van der Waals surface area contributed by atoms with Gasteiger partial charge in [0.15, 0.2) is 0 Å². The first kappa shape index (κ1) is 14.9. The maximum absolute atomic E-state index is 8.87. The van der Waals surface area contributed by atoms with E-state index in [9.17, 15) is 0 Å². The molecule has 4 heteroatoms. The number of ether oxygens (including phenoxy) is 2. The van der Waals surface area contributed by atoms with Gasteiger partial charge < -0.3 is 14.6 Å². The SMILES string of the molecule is COc1ccc(Br)c(COc2ccc(CCO)cc2)c1. The van der Waals surface area contributed by atoms with E-state index in [1.807, 2.05) is 42.5 Å². The third-order valence-corrected chi connectivity index (χ3v) is 3.74. The maximum Gasteiger partial charge on any atom is 0.119 e. The summed E-state index contributed by atoms with van der Waals surface area (Å²) >= 11 is 3.50. The van der Waals surface area contributed by atoms with E-state index in [1.165, 1.54) is 0 Å². The zero-order valence-corrected chi connectivity index (χ0v) is 12.9. The van der Waals surface area contributed by atoms with Gasteiger partial charge >= 0.3 is 0 Å². The Morgan fingerprint density at radius 2 is 1.75 bits per heavy atom. The van der Waals surface area contributed by atoms with Gasteiger partial charge in [-0.1, -0.05) is 28.1 Å². The van der Waals surface area contributed by atoms with E-state index in [0.29, 0.717) is 13.0 Å². The van der Waals surface area contributed by atoms with Gasteiger partial charge in [-0.2, -0.15) is 0 Å². The van der Waals surface area contributed by atoms with Crippen molar-refractivity contribution in [1.82, 2.24) is 0 Å². The molecule has 0 aliphatic heterocycles. The van der Waals surface area contributed by atoms with Gasteiger partial charge in [-0.05, 0) is 42.3 Å². The predicted molar refractivity (Wildman–Crippen MR) is 82.3 cm³/mol.